The number of amides is 2. The third kappa shape index (κ3) is 5.36. The Bertz CT molecular complexity index is 339. The maximum absolute atomic E-state index is 12.0. The van der Waals surface area contributed by atoms with Crippen molar-refractivity contribution in [3.05, 3.63) is 0 Å². The van der Waals surface area contributed by atoms with E-state index in [-0.39, 0.29) is 12.6 Å². The monoisotopic (exact) mass is 283 g/mol. The Hall–Kier alpha value is -1.30. The van der Waals surface area contributed by atoms with Crippen molar-refractivity contribution in [2.45, 2.75) is 32.1 Å². The van der Waals surface area contributed by atoms with E-state index in [2.05, 4.69) is 10.2 Å². The highest BCUT2D eigenvalue weighted by molar-refractivity contribution is 5.80. The van der Waals surface area contributed by atoms with E-state index in [0.29, 0.717) is 19.0 Å². The number of carboxylic acids is 1. The fourth-order valence-corrected chi connectivity index (χ4v) is 2.61. The molecule has 1 saturated carbocycles. The third-order valence-corrected chi connectivity index (χ3v) is 3.91. The fourth-order valence-electron chi connectivity index (χ4n) is 2.61. The van der Waals surface area contributed by atoms with Gasteiger partial charge in [0.05, 0.1) is 0 Å². The Morgan fingerprint density at radius 2 is 1.95 bits per heavy atom. The second-order valence-corrected chi connectivity index (χ2v) is 5.85. The number of hydrogen-bond acceptors (Lipinski definition) is 3. The number of aliphatic carboxylic acids is 1. The number of nitrogens with one attached hydrogen (secondary N) is 1. The number of carboxylic acid groups (broad SMARTS) is 1. The molecule has 20 heavy (non-hydrogen) atoms. The lowest BCUT2D eigenvalue weighted by Crippen LogP contribution is -2.44. The van der Waals surface area contributed by atoms with Crippen molar-refractivity contribution < 1.29 is 14.7 Å². The summed E-state index contributed by atoms with van der Waals surface area (Å²) in [6.45, 7) is 4.35. The number of urea groups is 1. The molecule has 2 aliphatic rings. The number of likely N-dealkylation sites (tertiary alicyclic amines) is 1. The Morgan fingerprint density at radius 1 is 1.25 bits per heavy atom. The van der Waals surface area contributed by atoms with Crippen LogP contribution in [0.1, 0.15) is 32.1 Å². The Kier molecular flexibility index (Phi) is 5.64. The summed E-state index contributed by atoms with van der Waals surface area (Å²) in [4.78, 5) is 26.6. The molecule has 0 aromatic carbocycles. The predicted octanol–water partition coefficient (Wildman–Crippen LogP) is 0.978. The van der Waals surface area contributed by atoms with Crippen LogP contribution in [-0.2, 0) is 4.79 Å². The van der Waals surface area contributed by atoms with Crippen LogP contribution in [0.2, 0.25) is 0 Å². The molecular weight excluding hydrogens is 258 g/mol. The highest BCUT2D eigenvalue weighted by atomic mass is 16.4. The molecule has 0 spiro atoms. The van der Waals surface area contributed by atoms with Gasteiger partial charge in [-0.3, -0.25) is 4.79 Å². The van der Waals surface area contributed by atoms with E-state index in [1.54, 1.807) is 0 Å². The smallest absolute Gasteiger partial charge is 0.323 e. The van der Waals surface area contributed by atoms with Crippen LogP contribution in [0.15, 0.2) is 0 Å². The second-order valence-electron chi connectivity index (χ2n) is 5.85. The van der Waals surface area contributed by atoms with Gasteiger partial charge in [-0.1, -0.05) is 0 Å². The molecule has 2 rings (SSSR count). The van der Waals surface area contributed by atoms with Crippen molar-refractivity contribution in [1.29, 1.82) is 0 Å². The zero-order valence-corrected chi connectivity index (χ0v) is 12.0. The number of hydrogen-bond donors (Lipinski definition) is 2. The van der Waals surface area contributed by atoms with Crippen LogP contribution in [-0.4, -0.2) is 66.2 Å². The van der Waals surface area contributed by atoms with Gasteiger partial charge in [-0.2, -0.15) is 0 Å². The zero-order valence-electron chi connectivity index (χ0n) is 12.0. The van der Waals surface area contributed by atoms with E-state index in [1.165, 1.54) is 30.8 Å². The average molecular weight is 283 g/mol. The summed E-state index contributed by atoms with van der Waals surface area (Å²) in [6.07, 6.45) is 5.70. The van der Waals surface area contributed by atoms with Gasteiger partial charge in [-0.05, 0) is 57.7 Å². The summed E-state index contributed by atoms with van der Waals surface area (Å²) >= 11 is 0. The third-order valence-electron chi connectivity index (χ3n) is 3.91. The van der Waals surface area contributed by atoms with Crippen LogP contribution in [0, 0.1) is 5.92 Å². The first-order valence-corrected chi connectivity index (χ1v) is 7.62. The molecule has 2 fully saturated rings. The van der Waals surface area contributed by atoms with E-state index >= 15 is 0 Å². The fraction of sp³-hybridized carbons (Fsp3) is 0.857. The summed E-state index contributed by atoms with van der Waals surface area (Å²) in [7, 11) is 0. The Balaban J connectivity index is 1.63. The predicted molar refractivity (Wildman–Crippen MR) is 75.6 cm³/mol. The van der Waals surface area contributed by atoms with Gasteiger partial charge in [-0.15, -0.1) is 0 Å². The molecule has 114 valence electrons. The molecule has 0 unspecified atom stereocenters. The molecule has 0 aromatic heterocycles. The van der Waals surface area contributed by atoms with Crippen LogP contribution in [0.4, 0.5) is 4.79 Å². The second kappa shape index (κ2) is 7.47. The van der Waals surface area contributed by atoms with Gasteiger partial charge in [0.25, 0.3) is 0 Å². The normalized spacial score (nSPS) is 19.0. The first-order valence-electron chi connectivity index (χ1n) is 7.62. The van der Waals surface area contributed by atoms with Crippen molar-refractivity contribution in [2.24, 2.45) is 5.92 Å². The highest BCUT2D eigenvalue weighted by Gasteiger charge is 2.27. The van der Waals surface area contributed by atoms with Crippen molar-refractivity contribution >= 4 is 12.0 Å². The van der Waals surface area contributed by atoms with E-state index in [9.17, 15) is 9.59 Å². The van der Waals surface area contributed by atoms with Crippen LogP contribution < -0.4 is 5.32 Å². The van der Waals surface area contributed by atoms with Crippen molar-refractivity contribution in [3.8, 4) is 0 Å². The van der Waals surface area contributed by atoms with Gasteiger partial charge >= 0.3 is 12.0 Å². The van der Waals surface area contributed by atoms with E-state index in [4.69, 9.17) is 5.11 Å². The molecule has 6 nitrogen and oxygen atoms in total. The molecule has 0 bridgehead atoms. The SMILES string of the molecule is O=C(O)CN(CC1CC1)C(=O)NCCCN1CCCC1. The van der Waals surface area contributed by atoms with E-state index < -0.39 is 5.97 Å². The number of nitrogens with zero attached hydrogens (tertiary/aromatic N) is 2. The molecule has 1 saturated heterocycles. The first kappa shape index (κ1) is 15.1. The summed E-state index contributed by atoms with van der Waals surface area (Å²) in [5.74, 6) is -0.442. The van der Waals surface area contributed by atoms with Crippen LogP contribution in [0.3, 0.4) is 0 Å². The molecular formula is C14H25N3O3. The summed E-state index contributed by atoms with van der Waals surface area (Å²) < 4.78 is 0. The summed E-state index contributed by atoms with van der Waals surface area (Å²) in [5, 5.41) is 11.7. The van der Waals surface area contributed by atoms with Gasteiger partial charge in [0.1, 0.15) is 6.54 Å². The van der Waals surface area contributed by atoms with Crippen LogP contribution in [0.5, 0.6) is 0 Å². The molecule has 6 heteroatoms. The molecule has 1 heterocycles. The van der Waals surface area contributed by atoms with Crippen LogP contribution >= 0.6 is 0 Å². The van der Waals surface area contributed by atoms with Crippen molar-refractivity contribution in [2.75, 3.05) is 39.3 Å². The molecule has 0 atom stereocenters. The maximum Gasteiger partial charge on any atom is 0.323 e. The molecule has 0 aromatic rings. The lowest BCUT2D eigenvalue weighted by molar-refractivity contribution is -0.137. The van der Waals surface area contributed by atoms with Crippen molar-refractivity contribution in [3.63, 3.8) is 0 Å². The van der Waals surface area contributed by atoms with Crippen LogP contribution in [0.25, 0.3) is 0 Å². The lowest BCUT2D eigenvalue weighted by Gasteiger charge is -2.21. The molecule has 2 amide bonds. The minimum absolute atomic E-state index is 0.200. The zero-order chi connectivity index (χ0) is 14.4. The Morgan fingerprint density at radius 3 is 2.55 bits per heavy atom. The minimum atomic E-state index is -0.946. The first-order chi connectivity index (χ1) is 9.65. The van der Waals surface area contributed by atoms with Crippen molar-refractivity contribution in [1.82, 2.24) is 15.1 Å². The molecule has 1 aliphatic heterocycles. The highest BCUT2D eigenvalue weighted by Crippen LogP contribution is 2.29. The van der Waals surface area contributed by atoms with Gasteiger partial charge in [0, 0.05) is 13.1 Å². The number of rotatable bonds is 8. The quantitative estimate of drug-likeness (QED) is 0.651. The van der Waals surface area contributed by atoms with E-state index in [1.807, 2.05) is 0 Å². The molecule has 2 N–H and O–H groups in total. The molecule has 1 aliphatic carbocycles. The van der Waals surface area contributed by atoms with Gasteiger partial charge < -0.3 is 20.2 Å². The minimum Gasteiger partial charge on any atom is -0.480 e. The maximum atomic E-state index is 12.0. The van der Waals surface area contributed by atoms with Gasteiger partial charge in [0.2, 0.25) is 0 Å². The van der Waals surface area contributed by atoms with Gasteiger partial charge in [-0.25, -0.2) is 4.79 Å². The standard InChI is InChI=1S/C14H25N3O3/c18-13(19)11-17(10-12-4-5-12)14(20)15-6-3-9-16-7-1-2-8-16/h12H,1-11H2,(H,15,20)(H,18,19). The lowest BCUT2D eigenvalue weighted by atomic mass is 10.3. The topological polar surface area (TPSA) is 72.9 Å². The number of carbonyl (C=O) groups excluding carboxylic acids is 1. The summed E-state index contributed by atoms with van der Waals surface area (Å²) in [5.41, 5.74) is 0. The largest absolute Gasteiger partial charge is 0.480 e. The summed E-state index contributed by atoms with van der Waals surface area (Å²) in [6, 6.07) is -0.235. The average Bonchev–Trinajstić information content (AvgIpc) is 3.06. The number of carbonyl (C=O) groups is 2. The Labute approximate surface area is 120 Å². The van der Waals surface area contributed by atoms with E-state index in [0.717, 1.165) is 25.8 Å². The molecule has 0 radical (unpaired) electrons. The van der Waals surface area contributed by atoms with Gasteiger partial charge in [0.15, 0.2) is 0 Å².